The Bertz CT molecular complexity index is 1070. The third-order valence-corrected chi connectivity index (χ3v) is 5.27. The molecule has 0 saturated heterocycles. The van der Waals surface area contributed by atoms with E-state index in [1.807, 2.05) is 37.3 Å². The number of ether oxygens (including phenoxy) is 1. The second kappa shape index (κ2) is 11.2. The Labute approximate surface area is 192 Å². The maximum atomic E-state index is 12.9. The van der Waals surface area contributed by atoms with Gasteiger partial charge in [0.15, 0.2) is 0 Å². The van der Waals surface area contributed by atoms with Gasteiger partial charge in [0.2, 0.25) is 0 Å². The van der Waals surface area contributed by atoms with E-state index in [2.05, 4.69) is 22.5 Å². The fraction of sp³-hybridized carbons (Fsp3) is 0.320. The summed E-state index contributed by atoms with van der Waals surface area (Å²) < 4.78 is 5.72. The summed E-state index contributed by atoms with van der Waals surface area (Å²) in [4.78, 5) is 39.0. The molecule has 0 bridgehead atoms. The van der Waals surface area contributed by atoms with E-state index in [9.17, 15) is 14.4 Å². The molecule has 0 radical (unpaired) electrons. The van der Waals surface area contributed by atoms with Gasteiger partial charge in [-0.05, 0) is 29.7 Å². The van der Waals surface area contributed by atoms with Crippen molar-refractivity contribution in [2.24, 2.45) is 0 Å². The number of aliphatic hydroxyl groups excluding tert-OH is 1. The highest BCUT2D eigenvalue weighted by atomic mass is 16.5. The van der Waals surface area contributed by atoms with E-state index in [4.69, 9.17) is 9.84 Å². The molecule has 2 aromatic carbocycles. The lowest BCUT2D eigenvalue weighted by Gasteiger charge is -2.20. The summed E-state index contributed by atoms with van der Waals surface area (Å²) in [6.07, 6.45) is 0.350. The second-order valence-electron chi connectivity index (χ2n) is 7.71. The highest BCUT2D eigenvalue weighted by Crippen LogP contribution is 2.31. The van der Waals surface area contributed by atoms with Gasteiger partial charge in [0.25, 0.3) is 5.91 Å². The summed E-state index contributed by atoms with van der Waals surface area (Å²) in [5.74, 6) is 4.13. The molecule has 33 heavy (non-hydrogen) atoms. The summed E-state index contributed by atoms with van der Waals surface area (Å²) >= 11 is 0. The molecule has 2 aromatic rings. The first-order chi connectivity index (χ1) is 15.9. The van der Waals surface area contributed by atoms with Crippen LogP contribution in [0.2, 0.25) is 0 Å². The number of hydrogen-bond donors (Lipinski definition) is 3. The minimum Gasteiger partial charge on any atom is -0.489 e. The highest BCUT2D eigenvalue weighted by Gasteiger charge is 2.32. The van der Waals surface area contributed by atoms with E-state index in [1.54, 1.807) is 25.2 Å². The first kappa shape index (κ1) is 23.8. The number of amides is 3. The summed E-state index contributed by atoms with van der Waals surface area (Å²) in [6.45, 7) is 2.10. The lowest BCUT2D eigenvalue weighted by atomic mass is 10.0. The van der Waals surface area contributed by atoms with Crippen molar-refractivity contribution in [1.82, 2.24) is 10.6 Å². The molecule has 0 saturated carbocycles. The molecule has 0 fully saturated rings. The van der Waals surface area contributed by atoms with Crippen molar-refractivity contribution in [1.29, 1.82) is 0 Å². The monoisotopic (exact) mass is 449 g/mol. The Balaban J connectivity index is 1.61. The Kier molecular flexibility index (Phi) is 8.06. The van der Waals surface area contributed by atoms with Gasteiger partial charge < -0.3 is 25.4 Å². The zero-order chi connectivity index (χ0) is 23.8. The zero-order valence-electron chi connectivity index (χ0n) is 18.6. The topological polar surface area (TPSA) is 108 Å². The van der Waals surface area contributed by atoms with E-state index >= 15 is 0 Å². The summed E-state index contributed by atoms with van der Waals surface area (Å²) in [5.41, 5.74) is 2.22. The number of carbonyl (C=O) groups excluding carboxylic acids is 3. The molecule has 1 aliphatic heterocycles. The van der Waals surface area contributed by atoms with Gasteiger partial charge in [-0.1, -0.05) is 49.1 Å². The number of aliphatic hydroxyl groups is 1. The zero-order valence-corrected chi connectivity index (χ0v) is 18.6. The van der Waals surface area contributed by atoms with Gasteiger partial charge in [0, 0.05) is 25.6 Å². The normalized spacial score (nSPS) is 15.8. The van der Waals surface area contributed by atoms with Gasteiger partial charge in [-0.25, -0.2) is 0 Å². The molecule has 1 aliphatic rings. The molecule has 0 aliphatic carbocycles. The number of anilines is 1. The number of fused-ring (bicyclic) bond motifs is 1. The minimum absolute atomic E-state index is 0.0282. The maximum Gasteiger partial charge on any atom is 0.310 e. The van der Waals surface area contributed by atoms with Crippen LogP contribution < -0.4 is 20.3 Å². The van der Waals surface area contributed by atoms with E-state index in [-0.39, 0.29) is 25.7 Å². The molecule has 0 aromatic heterocycles. The molecule has 1 heterocycles. The number of hydrogen-bond acceptors (Lipinski definition) is 5. The van der Waals surface area contributed by atoms with Gasteiger partial charge in [0.1, 0.15) is 18.4 Å². The predicted octanol–water partition coefficient (Wildman–Crippen LogP) is 1.18. The van der Waals surface area contributed by atoms with E-state index < -0.39 is 23.8 Å². The molecule has 3 rings (SSSR count). The van der Waals surface area contributed by atoms with Crippen LogP contribution in [-0.2, 0) is 14.4 Å². The molecule has 3 amide bonds. The van der Waals surface area contributed by atoms with Gasteiger partial charge in [0.05, 0.1) is 12.3 Å². The van der Waals surface area contributed by atoms with Crippen LogP contribution in [0.3, 0.4) is 0 Å². The van der Waals surface area contributed by atoms with Gasteiger partial charge >= 0.3 is 11.8 Å². The van der Waals surface area contributed by atoms with E-state index in [0.29, 0.717) is 23.4 Å². The van der Waals surface area contributed by atoms with Crippen molar-refractivity contribution in [2.45, 2.75) is 25.3 Å². The first-order valence-electron chi connectivity index (χ1n) is 10.7. The summed E-state index contributed by atoms with van der Waals surface area (Å²) in [6, 6.07) is 13.8. The van der Waals surface area contributed by atoms with Gasteiger partial charge in [-0.3, -0.25) is 14.4 Å². The van der Waals surface area contributed by atoms with Crippen LogP contribution in [0.4, 0.5) is 5.69 Å². The van der Waals surface area contributed by atoms with Gasteiger partial charge in [-0.2, -0.15) is 0 Å². The van der Waals surface area contributed by atoms with Crippen molar-refractivity contribution >= 4 is 23.4 Å². The number of nitrogens with zero attached hydrogens (tertiary/aromatic N) is 1. The third kappa shape index (κ3) is 6.11. The average Bonchev–Trinajstić information content (AvgIpc) is 2.95. The maximum absolute atomic E-state index is 12.9. The number of benzene rings is 2. The smallest absolute Gasteiger partial charge is 0.310 e. The molecule has 0 spiro atoms. The fourth-order valence-corrected chi connectivity index (χ4v) is 3.35. The summed E-state index contributed by atoms with van der Waals surface area (Å²) in [5, 5.41) is 13.9. The van der Waals surface area contributed by atoms with E-state index in [0.717, 1.165) is 5.56 Å². The van der Waals surface area contributed by atoms with Crippen molar-refractivity contribution < 1.29 is 24.2 Å². The van der Waals surface area contributed by atoms with Crippen molar-refractivity contribution in [3.05, 3.63) is 59.7 Å². The predicted molar refractivity (Wildman–Crippen MR) is 124 cm³/mol. The molecule has 172 valence electrons. The van der Waals surface area contributed by atoms with Crippen molar-refractivity contribution in [3.8, 4) is 17.6 Å². The molecule has 2 atom stereocenters. The van der Waals surface area contributed by atoms with Gasteiger partial charge in [-0.15, -0.1) is 0 Å². The Morgan fingerprint density at radius 3 is 2.70 bits per heavy atom. The first-order valence-corrected chi connectivity index (χ1v) is 10.7. The molecule has 8 heteroatoms. The summed E-state index contributed by atoms with van der Waals surface area (Å²) in [7, 11) is 1.57. The average molecular weight is 450 g/mol. The molecule has 1 unspecified atom stereocenters. The largest absolute Gasteiger partial charge is 0.489 e. The number of rotatable bonds is 5. The second-order valence-corrected chi connectivity index (χ2v) is 7.71. The van der Waals surface area contributed by atoms with Crippen LogP contribution in [0.1, 0.15) is 30.4 Å². The standard InChI is InChI=1S/C25H27N3O5/c1-17(19-9-4-3-5-10-19)15-26-23(30)24(31)27-20-16-33-22-12-11-18(8-6-7-13-29)14-21(22)28(2)25(20)32/h3-5,9-12,14,17,20,29H,7,13,15-16H2,1-2H3,(H,26,30)(H,27,31)/t17?,20-/m0/s1. The minimum atomic E-state index is -1.02. The third-order valence-electron chi connectivity index (χ3n) is 5.27. The van der Waals surface area contributed by atoms with Crippen molar-refractivity contribution in [3.63, 3.8) is 0 Å². The quantitative estimate of drug-likeness (QED) is 0.469. The molecular formula is C25H27N3O5. The highest BCUT2D eigenvalue weighted by molar-refractivity contribution is 6.35. The Morgan fingerprint density at radius 1 is 1.21 bits per heavy atom. The lowest BCUT2D eigenvalue weighted by Crippen LogP contribution is -2.53. The molecule has 8 nitrogen and oxygen atoms in total. The number of nitrogens with one attached hydrogen (secondary N) is 2. The Morgan fingerprint density at radius 2 is 1.97 bits per heavy atom. The van der Waals surface area contributed by atoms with Crippen LogP contribution in [-0.4, -0.2) is 55.7 Å². The van der Waals surface area contributed by atoms with E-state index in [1.165, 1.54) is 4.90 Å². The van der Waals surface area contributed by atoms with Crippen LogP contribution >= 0.6 is 0 Å². The van der Waals surface area contributed by atoms with Crippen LogP contribution in [0.15, 0.2) is 48.5 Å². The number of likely N-dealkylation sites (N-methyl/N-ethyl adjacent to an activating group) is 1. The van der Waals surface area contributed by atoms with Crippen LogP contribution in [0.25, 0.3) is 0 Å². The molecular weight excluding hydrogens is 422 g/mol. The number of carbonyl (C=O) groups is 3. The van der Waals surface area contributed by atoms with Crippen LogP contribution in [0, 0.1) is 11.8 Å². The fourth-order valence-electron chi connectivity index (χ4n) is 3.35. The SMILES string of the molecule is CC(CNC(=O)C(=O)N[C@H]1COc2ccc(C#CCCO)cc2N(C)C1=O)c1ccccc1. The Hall–Kier alpha value is -3.83. The molecule has 3 N–H and O–H groups in total. The lowest BCUT2D eigenvalue weighted by molar-refractivity contribution is -0.140. The van der Waals surface area contributed by atoms with Crippen LogP contribution in [0.5, 0.6) is 5.75 Å². The van der Waals surface area contributed by atoms with Crippen molar-refractivity contribution in [2.75, 3.05) is 31.7 Å².